The normalized spacial score (nSPS) is 17.4. The summed E-state index contributed by atoms with van der Waals surface area (Å²) in [5, 5.41) is -0.317. The molecule has 0 saturated carbocycles. The third-order valence-corrected chi connectivity index (χ3v) is 8.20. The number of nitrogens with one attached hydrogen (secondary N) is 1. The SMILES string of the molecule is Cc1ccc(-c2ccc(C(=O)NS(=O)(=O)c3cccc(N)n3)c(N3CCC(C)C3(C)C)n2)c(C)c1. The lowest BCUT2D eigenvalue weighted by atomic mass is 9.90. The minimum Gasteiger partial charge on any atom is -0.384 e. The van der Waals surface area contributed by atoms with Crippen molar-refractivity contribution in [1.82, 2.24) is 14.7 Å². The largest absolute Gasteiger partial charge is 0.384 e. The van der Waals surface area contributed by atoms with Gasteiger partial charge in [-0.15, -0.1) is 0 Å². The van der Waals surface area contributed by atoms with Crippen molar-refractivity contribution in [2.75, 3.05) is 17.2 Å². The highest BCUT2D eigenvalue weighted by atomic mass is 32.2. The highest BCUT2D eigenvalue weighted by molar-refractivity contribution is 7.90. The van der Waals surface area contributed by atoms with Crippen LogP contribution in [0.3, 0.4) is 0 Å². The Morgan fingerprint density at radius 2 is 1.86 bits per heavy atom. The lowest BCUT2D eigenvalue weighted by Gasteiger charge is -2.36. The molecule has 1 saturated heterocycles. The van der Waals surface area contributed by atoms with E-state index < -0.39 is 15.9 Å². The van der Waals surface area contributed by atoms with E-state index in [0.29, 0.717) is 18.3 Å². The Balaban J connectivity index is 1.79. The van der Waals surface area contributed by atoms with Gasteiger partial charge in [0.25, 0.3) is 15.9 Å². The van der Waals surface area contributed by atoms with E-state index in [9.17, 15) is 13.2 Å². The second-order valence-corrected chi connectivity index (χ2v) is 11.3. The highest BCUT2D eigenvalue weighted by Gasteiger charge is 2.41. The molecule has 3 N–H and O–H groups in total. The zero-order valence-electron chi connectivity index (χ0n) is 20.7. The molecular formula is C26H31N5O3S. The Hall–Kier alpha value is -3.46. The first-order valence-corrected chi connectivity index (χ1v) is 13.0. The number of nitrogens with zero attached hydrogens (tertiary/aromatic N) is 3. The van der Waals surface area contributed by atoms with Crippen molar-refractivity contribution < 1.29 is 13.2 Å². The lowest BCUT2D eigenvalue weighted by Crippen LogP contribution is -2.43. The number of benzene rings is 1. The van der Waals surface area contributed by atoms with Gasteiger partial charge >= 0.3 is 0 Å². The van der Waals surface area contributed by atoms with Crippen molar-refractivity contribution >= 4 is 27.6 Å². The molecule has 0 spiro atoms. The Bertz CT molecular complexity index is 1400. The molecule has 4 rings (SSSR count). The Kier molecular flexibility index (Phi) is 6.31. The van der Waals surface area contributed by atoms with Gasteiger partial charge in [0, 0.05) is 17.6 Å². The predicted octanol–water partition coefficient (Wildman–Crippen LogP) is 4.09. The van der Waals surface area contributed by atoms with Crippen LogP contribution in [0.2, 0.25) is 0 Å². The zero-order chi connectivity index (χ0) is 25.5. The van der Waals surface area contributed by atoms with Crippen LogP contribution in [0.25, 0.3) is 11.3 Å². The Morgan fingerprint density at radius 1 is 1.11 bits per heavy atom. The van der Waals surface area contributed by atoms with Crippen molar-refractivity contribution in [3.05, 3.63) is 65.2 Å². The number of carbonyl (C=O) groups is 1. The first kappa shape index (κ1) is 24.7. The standard InChI is InChI=1S/C26H31N5O3S/c1-16-9-10-19(17(2)15-16)21-12-11-20(24(28-21)31-14-13-18(3)26(31,4)5)25(32)30-35(33,34)23-8-6-7-22(27)29-23/h6-12,15,18H,13-14H2,1-5H3,(H2,27,29)(H,30,32). The minimum atomic E-state index is -4.22. The van der Waals surface area contributed by atoms with Crippen LogP contribution in [-0.2, 0) is 10.0 Å². The molecule has 1 fully saturated rings. The van der Waals surface area contributed by atoms with Crippen molar-refractivity contribution in [1.29, 1.82) is 0 Å². The van der Waals surface area contributed by atoms with E-state index >= 15 is 0 Å². The van der Waals surface area contributed by atoms with Crippen molar-refractivity contribution in [2.45, 2.75) is 51.6 Å². The highest BCUT2D eigenvalue weighted by Crippen LogP contribution is 2.39. The third kappa shape index (κ3) is 4.73. The van der Waals surface area contributed by atoms with Gasteiger partial charge in [0.15, 0.2) is 5.03 Å². The molecule has 1 atom stereocenters. The summed E-state index contributed by atoms with van der Waals surface area (Å²) in [7, 11) is -4.22. The van der Waals surface area contributed by atoms with Crippen LogP contribution in [0.5, 0.6) is 0 Å². The van der Waals surface area contributed by atoms with Gasteiger partial charge in [0.05, 0.1) is 11.3 Å². The molecule has 1 aliphatic rings. The second-order valence-electron chi connectivity index (χ2n) is 9.72. The molecule has 2 aromatic heterocycles. The van der Waals surface area contributed by atoms with E-state index in [1.807, 2.05) is 26.0 Å². The number of nitrogens with two attached hydrogens (primary N) is 1. The number of hydrogen-bond donors (Lipinski definition) is 2. The fourth-order valence-corrected chi connectivity index (χ4v) is 5.44. The summed E-state index contributed by atoms with van der Waals surface area (Å²) in [4.78, 5) is 24.2. The number of rotatable bonds is 5. The van der Waals surface area contributed by atoms with Gasteiger partial charge in [-0.3, -0.25) is 4.79 Å². The van der Waals surface area contributed by atoms with Gasteiger partial charge in [-0.25, -0.2) is 14.7 Å². The van der Waals surface area contributed by atoms with E-state index in [1.54, 1.807) is 12.1 Å². The number of aryl methyl sites for hydroxylation is 2. The molecule has 3 aromatic rings. The molecule has 35 heavy (non-hydrogen) atoms. The topological polar surface area (TPSA) is 118 Å². The van der Waals surface area contributed by atoms with Crippen LogP contribution in [0.4, 0.5) is 11.6 Å². The maximum atomic E-state index is 13.3. The number of sulfonamides is 1. The number of aromatic nitrogens is 2. The van der Waals surface area contributed by atoms with E-state index in [2.05, 4.69) is 41.4 Å². The van der Waals surface area contributed by atoms with Gasteiger partial charge in [-0.1, -0.05) is 36.8 Å². The number of amides is 1. The first-order chi connectivity index (χ1) is 16.4. The summed E-state index contributed by atoms with van der Waals surface area (Å²) in [6.07, 6.45) is 0.940. The van der Waals surface area contributed by atoms with Crippen molar-refractivity contribution in [2.24, 2.45) is 5.92 Å². The summed E-state index contributed by atoms with van der Waals surface area (Å²) < 4.78 is 27.9. The Labute approximate surface area is 206 Å². The van der Waals surface area contributed by atoms with E-state index in [4.69, 9.17) is 10.7 Å². The summed E-state index contributed by atoms with van der Waals surface area (Å²) in [6, 6.07) is 13.8. The molecule has 1 unspecified atom stereocenters. The molecule has 1 aromatic carbocycles. The number of carbonyl (C=O) groups excluding carboxylic acids is 1. The Morgan fingerprint density at radius 3 is 2.49 bits per heavy atom. The second kappa shape index (κ2) is 8.96. The van der Waals surface area contributed by atoms with Crippen molar-refractivity contribution in [3.63, 3.8) is 0 Å². The van der Waals surface area contributed by atoms with Crippen LogP contribution >= 0.6 is 0 Å². The summed E-state index contributed by atoms with van der Waals surface area (Å²) >= 11 is 0. The van der Waals surface area contributed by atoms with Gasteiger partial charge in [0.2, 0.25) is 0 Å². The van der Waals surface area contributed by atoms with Crippen LogP contribution in [0, 0.1) is 19.8 Å². The summed E-state index contributed by atoms with van der Waals surface area (Å²) in [5.41, 5.74) is 9.47. The van der Waals surface area contributed by atoms with E-state index in [1.165, 1.54) is 18.2 Å². The number of pyridine rings is 2. The first-order valence-electron chi connectivity index (χ1n) is 11.6. The van der Waals surface area contributed by atoms with Gasteiger partial charge in [-0.05, 0) is 69.9 Å². The van der Waals surface area contributed by atoms with Crippen LogP contribution in [-0.4, -0.2) is 36.4 Å². The van der Waals surface area contributed by atoms with Crippen LogP contribution in [0.15, 0.2) is 53.6 Å². The zero-order valence-corrected chi connectivity index (χ0v) is 21.5. The quantitative estimate of drug-likeness (QED) is 0.550. The maximum Gasteiger partial charge on any atom is 0.281 e. The fraction of sp³-hybridized carbons (Fsp3) is 0.346. The summed E-state index contributed by atoms with van der Waals surface area (Å²) in [6.45, 7) is 11.2. The van der Waals surface area contributed by atoms with Gasteiger partial charge in [0.1, 0.15) is 11.6 Å². The van der Waals surface area contributed by atoms with Gasteiger partial charge < -0.3 is 10.6 Å². The molecule has 1 aliphatic heterocycles. The lowest BCUT2D eigenvalue weighted by molar-refractivity contribution is 0.0981. The molecule has 9 heteroatoms. The van der Waals surface area contributed by atoms with E-state index in [0.717, 1.165) is 28.8 Å². The number of anilines is 2. The average Bonchev–Trinajstić information content (AvgIpc) is 3.05. The maximum absolute atomic E-state index is 13.3. The smallest absolute Gasteiger partial charge is 0.281 e. The third-order valence-electron chi connectivity index (χ3n) is 6.97. The molecule has 0 bridgehead atoms. The summed E-state index contributed by atoms with van der Waals surface area (Å²) in [5.74, 6) is 0.114. The molecule has 0 aliphatic carbocycles. The van der Waals surface area contributed by atoms with Gasteiger partial charge in [-0.2, -0.15) is 8.42 Å². The fourth-order valence-electron chi connectivity index (χ4n) is 4.50. The predicted molar refractivity (Wildman–Crippen MR) is 138 cm³/mol. The van der Waals surface area contributed by atoms with E-state index in [-0.39, 0.29) is 21.9 Å². The molecular weight excluding hydrogens is 462 g/mol. The van der Waals surface area contributed by atoms with Crippen molar-refractivity contribution in [3.8, 4) is 11.3 Å². The molecule has 0 radical (unpaired) electrons. The average molecular weight is 494 g/mol. The monoisotopic (exact) mass is 493 g/mol. The van der Waals surface area contributed by atoms with Crippen LogP contribution in [0.1, 0.15) is 48.7 Å². The molecule has 1 amide bonds. The minimum absolute atomic E-state index is 0.0494. The van der Waals surface area contributed by atoms with Crippen LogP contribution < -0.4 is 15.4 Å². The number of nitrogen functional groups attached to an aromatic ring is 1. The number of hydrogen-bond acceptors (Lipinski definition) is 7. The molecule has 184 valence electrons. The molecule has 8 nitrogen and oxygen atoms in total. The molecule has 3 heterocycles.